The van der Waals surface area contributed by atoms with Gasteiger partial charge in [-0.2, -0.15) is 0 Å². The van der Waals surface area contributed by atoms with Crippen LogP contribution in [0.2, 0.25) is 0 Å². The van der Waals surface area contributed by atoms with Crippen molar-refractivity contribution in [3.63, 3.8) is 0 Å². The van der Waals surface area contributed by atoms with Crippen molar-refractivity contribution in [1.82, 2.24) is 0 Å². The van der Waals surface area contributed by atoms with Crippen LogP contribution in [0.3, 0.4) is 0 Å². The summed E-state index contributed by atoms with van der Waals surface area (Å²) < 4.78 is 0. The fourth-order valence-corrected chi connectivity index (χ4v) is 2.25. The lowest BCUT2D eigenvalue weighted by atomic mass is 9.83. The Balaban J connectivity index is 3.95. The summed E-state index contributed by atoms with van der Waals surface area (Å²) in [5.41, 5.74) is 0.0219. The summed E-state index contributed by atoms with van der Waals surface area (Å²) in [7, 11) is 0. The van der Waals surface area contributed by atoms with Gasteiger partial charge in [0.15, 0.2) is 0 Å². The second-order valence-corrected chi connectivity index (χ2v) is 6.14. The lowest BCUT2D eigenvalue weighted by molar-refractivity contribution is 0.00875. The third-order valence-electron chi connectivity index (χ3n) is 3.00. The molecule has 0 aliphatic carbocycles. The Kier molecular flexibility index (Phi) is 6.51. The van der Waals surface area contributed by atoms with Gasteiger partial charge in [-0.3, -0.25) is 0 Å². The van der Waals surface area contributed by atoms with Gasteiger partial charge in [0.1, 0.15) is 0 Å². The molecule has 1 heteroatoms. The van der Waals surface area contributed by atoms with Crippen LogP contribution in [0.4, 0.5) is 0 Å². The fourth-order valence-electron chi connectivity index (χ4n) is 2.25. The van der Waals surface area contributed by atoms with Crippen LogP contribution in [0.15, 0.2) is 0 Å². The van der Waals surface area contributed by atoms with E-state index < -0.39 is 0 Å². The van der Waals surface area contributed by atoms with Gasteiger partial charge in [-0.05, 0) is 31.1 Å². The molecule has 0 heterocycles. The molecule has 92 valence electrons. The normalized spacial score (nSPS) is 13.2. The van der Waals surface area contributed by atoms with Crippen LogP contribution in [0.25, 0.3) is 0 Å². The zero-order chi connectivity index (χ0) is 11.9. The molecule has 0 saturated carbocycles. The monoisotopic (exact) mass is 214 g/mol. The highest BCUT2D eigenvalue weighted by atomic mass is 16.3. The van der Waals surface area contributed by atoms with E-state index >= 15 is 0 Å². The molecular formula is C14H30O. The van der Waals surface area contributed by atoms with E-state index in [-0.39, 0.29) is 5.60 Å². The average molecular weight is 214 g/mol. The molecule has 0 spiro atoms. The lowest BCUT2D eigenvalue weighted by Gasteiger charge is -2.29. The minimum Gasteiger partial charge on any atom is -0.390 e. The van der Waals surface area contributed by atoms with E-state index in [0.717, 1.165) is 38.5 Å². The molecule has 0 amide bonds. The SMILES string of the molecule is CCCC(O)(CCC)CCCC(C)(C)C. The van der Waals surface area contributed by atoms with E-state index in [1.54, 1.807) is 0 Å². The van der Waals surface area contributed by atoms with Gasteiger partial charge in [0.05, 0.1) is 5.60 Å². The standard InChI is InChI=1S/C14H30O/c1-6-9-14(15,10-7-2)12-8-11-13(3,4)5/h15H,6-12H2,1-5H3. The summed E-state index contributed by atoms with van der Waals surface area (Å²) in [4.78, 5) is 0. The van der Waals surface area contributed by atoms with E-state index in [1.165, 1.54) is 6.42 Å². The van der Waals surface area contributed by atoms with Crippen molar-refractivity contribution in [2.24, 2.45) is 5.41 Å². The van der Waals surface area contributed by atoms with Gasteiger partial charge in [-0.25, -0.2) is 0 Å². The van der Waals surface area contributed by atoms with Crippen molar-refractivity contribution in [3.8, 4) is 0 Å². The summed E-state index contributed by atoms with van der Waals surface area (Å²) >= 11 is 0. The summed E-state index contributed by atoms with van der Waals surface area (Å²) in [5, 5.41) is 10.4. The van der Waals surface area contributed by atoms with Crippen molar-refractivity contribution in [3.05, 3.63) is 0 Å². The first-order valence-corrected chi connectivity index (χ1v) is 6.55. The van der Waals surface area contributed by atoms with E-state index in [2.05, 4.69) is 34.6 Å². The molecule has 0 fully saturated rings. The van der Waals surface area contributed by atoms with E-state index in [4.69, 9.17) is 0 Å². The van der Waals surface area contributed by atoms with Gasteiger partial charge in [0.25, 0.3) is 0 Å². The molecule has 0 aromatic carbocycles. The molecule has 0 unspecified atom stereocenters. The first-order valence-electron chi connectivity index (χ1n) is 6.55. The van der Waals surface area contributed by atoms with Crippen LogP contribution < -0.4 is 0 Å². The Morgan fingerprint density at radius 3 is 1.60 bits per heavy atom. The summed E-state index contributed by atoms with van der Waals surface area (Å²) in [5.74, 6) is 0. The molecule has 0 aliphatic rings. The van der Waals surface area contributed by atoms with Crippen LogP contribution in [-0.4, -0.2) is 10.7 Å². The second-order valence-electron chi connectivity index (χ2n) is 6.14. The van der Waals surface area contributed by atoms with Gasteiger partial charge < -0.3 is 5.11 Å². The molecule has 0 bridgehead atoms. The minimum atomic E-state index is -0.380. The topological polar surface area (TPSA) is 20.2 Å². The van der Waals surface area contributed by atoms with Gasteiger partial charge in [0.2, 0.25) is 0 Å². The summed E-state index contributed by atoms with van der Waals surface area (Å²) in [6.45, 7) is 11.1. The van der Waals surface area contributed by atoms with Crippen LogP contribution in [0, 0.1) is 5.41 Å². The first kappa shape index (κ1) is 15.0. The van der Waals surface area contributed by atoms with Crippen molar-refractivity contribution in [2.45, 2.75) is 85.2 Å². The summed E-state index contributed by atoms with van der Waals surface area (Å²) in [6, 6.07) is 0. The Morgan fingerprint density at radius 2 is 1.27 bits per heavy atom. The number of hydrogen-bond donors (Lipinski definition) is 1. The molecule has 0 aromatic heterocycles. The van der Waals surface area contributed by atoms with E-state index in [0.29, 0.717) is 5.41 Å². The highest BCUT2D eigenvalue weighted by molar-refractivity contribution is 4.78. The molecule has 15 heavy (non-hydrogen) atoms. The van der Waals surface area contributed by atoms with Crippen LogP contribution in [0.5, 0.6) is 0 Å². The van der Waals surface area contributed by atoms with Crippen molar-refractivity contribution in [2.75, 3.05) is 0 Å². The molecule has 1 N–H and O–H groups in total. The predicted molar refractivity (Wildman–Crippen MR) is 68.1 cm³/mol. The third-order valence-corrected chi connectivity index (χ3v) is 3.00. The minimum absolute atomic E-state index is 0.380. The van der Waals surface area contributed by atoms with Crippen molar-refractivity contribution in [1.29, 1.82) is 0 Å². The number of rotatable bonds is 7. The van der Waals surface area contributed by atoms with Crippen LogP contribution >= 0.6 is 0 Å². The highest BCUT2D eigenvalue weighted by Gasteiger charge is 2.24. The lowest BCUT2D eigenvalue weighted by Crippen LogP contribution is -2.28. The fraction of sp³-hybridized carbons (Fsp3) is 1.00. The smallest absolute Gasteiger partial charge is 0.0647 e. The maximum atomic E-state index is 10.4. The number of hydrogen-bond acceptors (Lipinski definition) is 1. The van der Waals surface area contributed by atoms with Crippen molar-refractivity contribution >= 4 is 0 Å². The predicted octanol–water partition coefficient (Wildman–Crippen LogP) is 4.53. The quantitative estimate of drug-likeness (QED) is 0.660. The molecular weight excluding hydrogens is 184 g/mol. The van der Waals surface area contributed by atoms with Crippen LogP contribution in [0.1, 0.15) is 79.6 Å². The Bertz CT molecular complexity index is 149. The zero-order valence-corrected chi connectivity index (χ0v) is 11.4. The third kappa shape index (κ3) is 7.84. The van der Waals surface area contributed by atoms with Gasteiger partial charge in [-0.15, -0.1) is 0 Å². The highest BCUT2D eigenvalue weighted by Crippen LogP contribution is 2.29. The molecule has 0 saturated heterocycles. The molecule has 0 rings (SSSR count). The average Bonchev–Trinajstić information content (AvgIpc) is 2.01. The molecule has 0 radical (unpaired) electrons. The van der Waals surface area contributed by atoms with Crippen molar-refractivity contribution < 1.29 is 5.11 Å². The van der Waals surface area contributed by atoms with Gasteiger partial charge in [0, 0.05) is 0 Å². The van der Waals surface area contributed by atoms with Gasteiger partial charge in [-0.1, -0.05) is 53.9 Å². The molecule has 0 aromatic rings. The van der Waals surface area contributed by atoms with Crippen LogP contribution in [-0.2, 0) is 0 Å². The Hall–Kier alpha value is -0.0400. The first-order chi connectivity index (χ1) is 6.83. The zero-order valence-electron chi connectivity index (χ0n) is 11.4. The molecule has 0 aliphatic heterocycles. The van der Waals surface area contributed by atoms with Gasteiger partial charge >= 0.3 is 0 Å². The largest absolute Gasteiger partial charge is 0.390 e. The maximum Gasteiger partial charge on any atom is 0.0647 e. The molecule has 1 nitrogen and oxygen atoms in total. The summed E-state index contributed by atoms with van der Waals surface area (Å²) in [6.07, 6.45) is 7.45. The Morgan fingerprint density at radius 1 is 0.800 bits per heavy atom. The van der Waals surface area contributed by atoms with E-state index in [1.807, 2.05) is 0 Å². The Labute approximate surface area is 96.3 Å². The maximum absolute atomic E-state index is 10.4. The van der Waals surface area contributed by atoms with E-state index in [9.17, 15) is 5.11 Å². The second kappa shape index (κ2) is 6.52. The molecule has 0 atom stereocenters. The number of aliphatic hydroxyl groups is 1.